The Morgan fingerprint density at radius 2 is 1.72 bits per heavy atom. The molecule has 4 rings (SSSR count). The molecule has 2 aromatic carbocycles. The maximum atomic E-state index is 13.7. The Kier molecular flexibility index (Phi) is 6.18. The first kappa shape index (κ1) is 21.5. The van der Waals surface area contributed by atoms with Crippen LogP contribution in [-0.2, 0) is 9.53 Å². The van der Waals surface area contributed by atoms with Crippen LogP contribution in [0.1, 0.15) is 30.1 Å². The molecule has 0 spiro atoms. The predicted octanol–water partition coefficient (Wildman–Crippen LogP) is 4.11. The molecule has 0 saturated carbocycles. The summed E-state index contributed by atoms with van der Waals surface area (Å²) in [5.41, 5.74) is 0.105. The molecule has 2 atom stereocenters. The SMILES string of the molecule is CCC[C@H]1O[C@H]1C(=O)Oc1cnc(-c2ccc(OC(=O)c3cccc(F)c3F)cc2)nc1. The van der Waals surface area contributed by atoms with Crippen molar-refractivity contribution >= 4 is 11.9 Å². The highest BCUT2D eigenvalue weighted by atomic mass is 19.2. The van der Waals surface area contributed by atoms with Crippen molar-refractivity contribution in [2.45, 2.75) is 32.0 Å². The highest BCUT2D eigenvalue weighted by Crippen LogP contribution is 2.28. The van der Waals surface area contributed by atoms with Gasteiger partial charge in [0, 0.05) is 5.56 Å². The van der Waals surface area contributed by atoms with Crippen LogP contribution >= 0.6 is 0 Å². The van der Waals surface area contributed by atoms with Gasteiger partial charge in [-0.2, -0.15) is 0 Å². The summed E-state index contributed by atoms with van der Waals surface area (Å²) in [5.74, 6) is -3.20. The molecule has 1 aliphatic rings. The number of esters is 2. The van der Waals surface area contributed by atoms with Crippen molar-refractivity contribution < 1.29 is 32.6 Å². The summed E-state index contributed by atoms with van der Waals surface area (Å²) in [4.78, 5) is 32.4. The molecule has 0 aliphatic carbocycles. The number of carbonyl (C=O) groups excluding carboxylic acids is 2. The Labute approximate surface area is 182 Å². The van der Waals surface area contributed by atoms with E-state index >= 15 is 0 Å². The molecule has 1 aromatic heterocycles. The largest absolute Gasteiger partial charge is 0.423 e. The second kappa shape index (κ2) is 9.19. The number of rotatable bonds is 7. The van der Waals surface area contributed by atoms with Gasteiger partial charge in [-0.25, -0.2) is 28.3 Å². The molecule has 0 bridgehead atoms. The number of hydrogen-bond donors (Lipinski definition) is 0. The van der Waals surface area contributed by atoms with Crippen LogP contribution in [0.5, 0.6) is 11.5 Å². The van der Waals surface area contributed by atoms with E-state index in [0.29, 0.717) is 11.4 Å². The molecule has 0 unspecified atom stereocenters. The monoisotopic (exact) mass is 440 g/mol. The van der Waals surface area contributed by atoms with Crippen LogP contribution in [0.2, 0.25) is 0 Å². The summed E-state index contributed by atoms with van der Waals surface area (Å²) < 4.78 is 42.6. The van der Waals surface area contributed by atoms with Crippen molar-refractivity contribution in [3.05, 3.63) is 72.1 Å². The van der Waals surface area contributed by atoms with Crippen molar-refractivity contribution in [1.82, 2.24) is 9.97 Å². The minimum Gasteiger partial charge on any atom is -0.423 e. The molecular formula is C23H18F2N2O5. The van der Waals surface area contributed by atoms with Crippen LogP contribution in [0.15, 0.2) is 54.9 Å². The highest BCUT2D eigenvalue weighted by molar-refractivity contribution is 5.91. The Hall–Kier alpha value is -3.72. The lowest BCUT2D eigenvalue weighted by molar-refractivity contribution is -0.135. The summed E-state index contributed by atoms with van der Waals surface area (Å²) >= 11 is 0. The van der Waals surface area contributed by atoms with Crippen LogP contribution in [0.25, 0.3) is 11.4 Å². The zero-order chi connectivity index (χ0) is 22.7. The number of aromatic nitrogens is 2. The molecule has 0 N–H and O–H groups in total. The fraction of sp³-hybridized carbons (Fsp3) is 0.217. The van der Waals surface area contributed by atoms with Crippen molar-refractivity contribution in [2.24, 2.45) is 0 Å². The molecule has 2 heterocycles. The van der Waals surface area contributed by atoms with E-state index in [1.54, 1.807) is 12.1 Å². The van der Waals surface area contributed by atoms with Crippen LogP contribution in [-0.4, -0.2) is 34.1 Å². The third kappa shape index (κ3) is 4.78. The first-order valence-corrected chi connectivity index (χ1v) is 9.92. The zero-order valence-corrected chi connectivity index (χ0v) is 17.0. The molecule has 1 saturated heterocycles. The van der Waals surface area contributed by atoms with Gasteiger partial charge in [0.2, 0.25) is 0 Å². The Morgan fingerprint density at radius 3 is 2.41 bits per heavy atom. The average molecular weight is 440 g/mol. The number of halogens is 2. The fourth-order valence-corrected chi connectivity index (χ4v) is 3.04. The van der Waals surface area contributed by atoms with Gasteiger partial charge in [-0.15, -0.1) is 0 Å². The van der Waals surface area contributed by atoms with E-state index in [1.807, 2.05) is 6.92 Å². The van der Waals surface area contributed by atoms with Crippen LogP contribution in [0.3, 0.4) is 0 Å². The smallest absolute Gasteiger partial charge is 0.346 e. The highest BCUT2D eigenvalue weighted by Gasteiger charge is 2.45. The van der Waals surface area contributed by atoms with Gasteiger partial charge in [-0.3, -0.25) is 0 Å². The maximum Gasteiger partial charge on any atom is 0.346 e. The molecule has 32 heavy (non-hydrogen) atoms. The first-order valence-electron chi connectivity index (χ1n) is 9.92. The van der Waals surface area contributed by atoms with E-state index in [1.165, 1.54) is 30.6 Å². The van der Waals surface area contributed by atoms with Crippen LogP contribution in [0.4, 0.5) is 8.78 Å². The molecule has 164 valence electrons. The van der Waals surface area contributed by atoms with Gasteiger partial charge in [0.05, 0.1) is 24.1 Å². The van der Waals surface area contributed by atoms with Crippen molar-refractivity contribution in [3.8, 4) is 22.9 Å². The van der Waals surface area contributed by atoms with E-state index in [0.717, 1.165) is 25.0 Å². The van der Waals surface area contributed by atoms with Crippen molar-refractivity contribution in [3.63, 3.8) is 0 Å². The summed E-state index contributed by atoms with van der Waals surface area (Å²) in [6.45, 7) is 2.01. The van der Waals surface area contributed by atoms with E-state index in [-0.39, 0.29) is 17.6 Å². The minimum absolute atomic E-state index is 0.0855. The van der Waals surface area contributed by atoms with Gasteiger partial charge in [0.25, 0.3) is 0 Å². The minimum atomic E-state index is -1.27. The number of carbonyl (C=O) groups is 2. The third-order valence-corrected chi connectivity index (χ3v) is 4.73. The van der Waals surface area contributed by atoms with E-state index in [2.05, 4.69) is 9.97 Å². The quantitative estimate of drug-likeness (QED) is 0.310. The van der Waals surface area contributed by atoms with Gasteiger partial charge in [-0.1, -0.05) is 19.4 Å². The second-order valence-corrected chi connectivity index (χ2v) is 7.06. The summed E-state index contributed by atoms with van der Waals surface area (Å²) in [7, 11) is 0. The van der Waals surface area contributed by atoms with E-state index in [9.17, 15) is 18.4 Å². The number of benzene rings is 2. The molecule has 1 fully saturated rings. The Balaban J connectivity index is 1.37. The lowest BCUT2D eigenvalue weighted by Crippen LogP contribution is -2.17. The van der Waals surface area contributed by atoms with Crippen LogP contribution < -0.4 is 9.47 Å². The number of ether oxygens (including phenoxy) is 3. The summed E-state index contributed by atoms with van der Waals surface area (Å²) in [6.07, 6.45) is 3.85. The lowest BCUT2D eigenvalue weighted by Gasteiger charge is -2.07. The standard InChI is InChI=1S/C23H18F2N2O5/c1-2-4-18-20(32-18)23(29)31-15-11-26-21(27-12-15)13-7-9-14(10-8-13)30-22(28)16-5-3-6-17(24)19(16)25/h3,5-12,18,20H,2,4H2,1H3/t18-,20-/m1/s1. The normalized spacial score (nSPS) is 17.0. The van der Waals surface area contributed by atoms with E-state index in [4.69, 9.17) is 14.2 Å². The number of nitrogens with zero attached hydrogens (tertiary/aromatic N) is 2. The second-order valence-electron chi connectivity index (χ2n) is 7.06. The predicted molar refractivity (Wildman–Crippen MR) is 108 cm³/mol. The summed E-state index contributed by atoms with van der Waals surface area (Å²) in [5, 5.41) is 0. The molecule has 0 amide bonds. The number of hydrogen-bond acceptors (Lipinski definition) is 7. The van der Waals surface area contributed by atoms with Gasteiger partial charge in [0.15, 0.2) is 29.3 Å². The fourth-order valence-electron chi connectivity index (χ4n) is 3.04. The third-order valence-electron chi connectivity index (χ3n) is 4.73. The molecule has 3 aromatic rings. The topological polar surface area (TPSA) is 90.9 Å². The number of epoxide rings is 1. The average Bonchev–Trinajstić information content (AvgIpc) is 3.56. The molecule has 0 radical (unpaired) electrons. The summed E-state index contributed by atoms with van der Waals surface area (Å²) in [6, 6.07) is 9.40. The Morgan fingerprint density at radius 1 is 1.00 bits per heavy atom. The van der Waals surface area contributed by atoms with Gasteiger partial charge < -0.3 is 14.2 Å². The van der Waals surface area contributed by atoms with Crippen molar-refractivity contribution in [2.75, 3.05) is 0 Å². The van der Waals surface area contributed by atoms with Crippen molar-refractivity contribution in [1.29, 1.82) is 0 Å². The molecule has 9 heteroatoms. The molecule has 1 aliphatic heterocycles. The van der Waals surface area contributed by atoms with E-state index < -0.39 is 35.2 Å². The first-order chi connectivity index (χ1) is 15.5. The van der Waals surface area contributed by atoms with Gasteiger partial charge in [0.1, 0.15) is 5.75 Å². The maximum absolute atomic E-state index is 13.7. The molecular weight excluding hydrogens is 422 g/mol. The van der Waals surface area contributed by atoms with Gasteiger partial charge >= 0.3 is 11.9 Å². The Bertz CT molecular complexity index is 1140. The molecule has 7 nitrogen and oxygen atoms in total. The van der Waals surface area contributed by atoms with Gasteiger partial charge in [-0.05, 0) is 42.8 Å². The lowest BCUT2D eigenvalue weighted by atomic mass is 10.2. The zero-order valence-electron chi connectivity index (χ0n) is 17.0. The van der Waals surface area contributed by atoms with Crippen LogP contribution in [0, 0.1) is 11.6 Å².